The number of amides is 3. The molecule has 124 valence electrons. The Morgan fingerprint density at radius 3 is 2.83 bits per heavy atom. The number of carbonyl (C=O) groups is 3. The minimum Gasteiger partial charge on any atom is -0.354 e. The van der Waals surface area contributed by atoms with Crippen molar-refractivity contribution in [1.29, 1.82) is 0 Å². The van der Waals surface area contributed by atoms with E-state index < -0.39 is 0 Å². The largest absolute Gasteiger partial charge is 0.354 e. The number of nitrogens with one attached hydrogen (secondary N) is 3. The maximum Gasteiger partial charge on any atom is 0.243 e. The van der Waals surface area contributed by atoms with Crippen molar-refractivity contribution >= 4 is 39.3 Å². The molecular formula is C15H19BrN4O3. The lowest BCUT2D eigenvalue weighted by Crippen LogP contribution is -2.51. The van der Waals surface area contributed by atoms with Gasteiger partial charge in [0.15, 0.2) is 0 Å². The van der Waals surface area contributed by atoms with E-state index in [0.29, 0.717) is 18.8 Å². The molecule has 0 atom stereocenters. The predicted octanol–water partition coefficient (Wildman–Crippen LogP) is 0.244. The molecule has 1 aliphatic rings. The normalized spacial score (nSPS) is 15.0. The van der Waals surface area contributed by atoms with E-state index in [9.17, 15) is 14.4 Å². The number of rotatable bonds is 5. The smallest absolute Gasteiger partial charge is 0.243 e. The maximum absolute atomic E-state index is 11.9. The Balaban J connectivity index is 1.75. The molecule has 8 heteroatoms. The van der Waals surface area contributed by atoms with Crippen LogP contribution in [-0.4, -0.2) is 55.3 Å². The van der Waals surface area contributed by atoms with Crippen LogP contribution in [0.3, 0.4) is 0 Å². The SMILES string of the molecule is Cc1cc(Br)ccc1NC(=O)CNC(=O)CN1CCNC(=O)C1. The molecule has 0 aromatic heterocycles. The van der Waals surface area contributed by atoms with Gasteiger partial charge in [-0.05, 0) is 30.7 Å². The first kappa shape index (κ1) is 17.4. The summed E-state index contributed by atoms with van der Waals surface area (Å²) in [5.41, 5.74) is 1.64. The topological polar surface area (TPSA) is 90.5 Å². The number of benzene rings is 1. The third kappa shape index (κ3) is 5.65. The molecule has 1 heterocycles. The van der Waals surface area contributed by atoms with Gasteiger partial charge in [0.2, 0.25) is 17.7 Å². The van der Waals surface area contributed by atoms with E-state index in [4.69, 9.17) is 0 Å². The van der Waals surface area contributed by atoms with Crippen molar-refractivity contribution in [3.8, 4) is 0 Å². The van der Waals surface area contributed by atoms with Crippen LogP contribution in [0, 0.1) is 6.92 Å². The lowest BCUT2D eigenvalue weighted by molar-refractivity contribution is -0.128. The highest BCUT2D eigenvalue weighted by molar-refractivity contribution is 9.10. The van der Waals surface area contributed by atoms with Crippen LogP contribution >= 0.6 is 15.9 Å². The van der Waals surface area contributed by atoms with Gasteiger partial charge >= 0.3 is 0 Å². The standard InChI is InChI=1S/C15H19BrN4O3/c1-10-6-11(16)2-3-12(10)19-13(21)7-18-15(23)9-20-5-4-17-14(22)8-20/h2-3,6H,4-5,7-9H2,1H3,(H,17,22)(H,18,23)(H,19,21). The van der Waals surface area contributed by atoms with E-state index in [-0.39, 0.29) is 37.4 Å². The number of aryl methyl sites for hydroxylation is 1. The summed E-state index contributed by atoms with van der Waals surface area (Å²) < 4.78 is 0.937. The molecule has 1 fully saturated rings. The molecule has 0 aliphatic carbocycles. The third-order valence-electron chi connectivity index (χ3n) is 3.39. The first-order valence-corrected chi connectivity index (χ1v) is 8.05. The van der Waals surface area contributed by atoms with Gasteiger partial charge in [0.25, 0.3) is 0 Å². The first-order valence-electron chi connectivity index (χ1n) is 7.26. The molecule has 1 aromatic carbocycles. The molecule has 23 heavy (non-hydrogen) atoms. The van der Waals surface area contributed by atoms with E-state index in [1.165, 1.54) is 0 Å². The van der Waals surface area contributed by atoms with E-state index in [2.05, 4.69) is 31.9 Å². The molecule has 0 saturated carbocycles. The number of hydrogen-bond acceptors (Lipinski definition) is 4. The average molecular weight is 383 g/mol. The van der Waals surface area contributed by atoms with Gasteiger partial charge in [0.1, 0.15) is 0 Å². The van der Waals surface area contributed by atoms with Gasteiger partial charge in [0, 0.05) is 23.2 Å². The number of nitrogens with zero attached hydrogens (tertiary/aromatic N) is 1. The molecule has 1 aromatic rings. The first-order chi connectivity index (χ1) is 10.9. The van der Waals surface area contributed by atoms with Crippen LogP contribution in [0.2, 0.25) is 0 Å². The fraction of sp³-hybridized carbons (Fsp3) is 0.400. The zero-order valence-corrected chi connectivity index (χ0v) is 14.4. The van der Waals surface area contributed by atoms with Crippen molar-refractivity contribution < 1.29 is 14.4 Å². The summed E-state index contributed by atoms with van der Waals surface area (Å²) in [5.74, 6) is -0.657. The fourth-order valence-corrected chi connectivity index (χ4v) is 2.70. The Labute approximate surface area is 142 Å². The Bertz CT molecular complexity index is 621. The second-order valence-corrected chi connectivity index (χ2v) is 6.26. The summed E-state index contributed by atoms with van der Waals surface area (Å²) in [4.78, 5) is 36.7. The number of anilines is 1. The highest BCUT2D eigenvalue weighted by Gasteiger charge is 2.18. The summed E-state index contributed by atoms with van der Waals surface area (Å²) in [6, 6.07) is 5.53. The second kappa shape index (κ2) is 8.07. The third-order valence-corrected chi connectivity index (χ3v) is 3.89. The van der Waals surface area contributed by atoms with E-state index >= 15 is 0 Å². The molecule has 3 amide bonds. The maximum atomic E-state index is 11.9. The predicted molar refractivity (Wildman–Crippen MR) is 90.0 cm³/mol. The van der Waals surface area contributed by atoms with Crippen molar-refractivity contribution in [3.05, 3.63) is 28.2 Å². The monoisotopic (exact) mass is 382 g/mol. The summed E-state index contributed by atoms with van der Waals surface area (Å²) in [6.07, 6.45) is 0. The van der Waals surface area contributed by atoms with Crippen LogP contribution in [0.4, 0.5) is 5.69 Å². The average Bonchev–Trinajstić information content (AvgIpc) is 2.48. The molecule has 1 saturated heterocycles. The molecule has 0 spiro atoms. The molecule has 3 N–H and O–H groups in total. The van der Waals surface area contributed by atoms with Gasteiger partial charge in [-0.25, -0.2) is 0 Å². The number of hydrogen-bond donors (Lipinski definition) is 3. The van der Waals surface area contributed by atoms with Crippen molar-refractivity contribution in [2.45, 2.75) is 6.92 Å². The molecule has 0 unspecified atom stereocenters. The van der Waals surface area contributed by atoms with Crippen LogP contribution in [0.5, 0.6) is 0 Å². The summed E-state index contributed by atoms with van der Waals surface area (Å²) in [7, 11) is 0. The second-order valence-electron chi connectivity index (χ2n) is 5.34. The van der Waals surface area contributed by atoms with Crippen molar-refractivity contribution in [2.75, 3.05) is 38.0 Å². The Morgan fingerprint density at radius 2 is 2.13 bits per heavy atom. The van der Waals surface area contributed by atoms with Crippen molar-refractivity contribution in [3.63, 3.8) is 0 Å². The van der Waals surface area contributed by atoms with Gasteiger partial charge in [0.05, 0.1) is 19.6 Å². The van der Waals surface area contributed by atoms with Crippen LogP contribution in [0.15, 0.2) is 22.7 Å². The van der Waals surface area contributed by atoms with Crippen LogP contribution in [0.25, 0.3) is 0 Å². The highest BCUT2D eigenvalue weighted by Crippen LogP contribution is 2.19. The zero-order chi connectivity index (χ0) is 16.8. The summed E-state index contributed by atoms with van der Waals surface area (Å²) >= 11 is 3.36. The van der Waals surface area contributed by atoms with E-state index in [1.807, 2.05) is 19.1 Å². The van der Waals surface area contributed by atoms with E-state index in [0.717, 1.165) is 10.0 Å². The summed E-state index contributed by atoms with van der Waals surface area (Å²) in [6.45, 7) is 3.27. The van der Waals surface area contributed by atoms with E-state index in [1.54, 1.807) is 11.0 Å². The van der Waals surface area contributed by atoms with Crippen LogP contribution < -0.4 is 16.0 Å². The van der Waals surface area contributed by atoms with Gasteiger partial charge in [-0.15, -0.1) is 0 Å². The van der Waals surface area contributed by atoms with Gasteiger partial charge in [-0.3, -0.25) is 19.3 Å². The number of piperazine rings is 1. The molecule has 0 radical (unpaired) electrons. The number of halogens is 1. The Hall–Kier alpha value is -1.93. The molecule has 0 bridgehead atoms. The number of carbonyl (C=O) groups excluding carboxylic acids is 3. The molecule has 2 rings (SSSR count). The molecular weight excluding hydrogens is 364 g/mol. The lowest BCUT2D eigenvalue weighted by Gasteiger charge is -2.25. The Morgan fingerprint density at radius 1 is 1.35 bits per heavy atom. The fourth-order valence-electron chi connectivity index (χ4n) is 2.23. The van der Waals surface area contributed by atoms with Gasteiger partial charge in [-0.2, -0.15) is 0 Å². The minimum absolute atomic E-state index is 0.0903. The van der Waals surface area contributed by atoms with Crippen LogP contribution in [0.1, 0.15) is 5.56 Å². The molecule has 1 aliphatic heterocycles. The summed E-state index contributed by atoms with van der Waals surface area (Å²) in [5, 5.41) is 8.01. The van der Waals surface area contributed by atoms with Gasteiger partial charge < -0.3 is 16.0 Å². The minimum atomic E-state index is -0.292. The lowest BCUT2D eigenvalue weighted by atomic mass is 10.2. The zero-order valence-electron chi connectivity index (χ0n) is 12.8. The quantitative estimate of drug-likeness (QED) is 0.680. The van der Waals surface area contributed by atoms with Gasteiger partial charge in [-0.1, -0.05) is 15.9 Å². The highest BCUT2D eigenvalue weighted by atomic mass is 79.9. The molecule has 7 nitrogen and oxygen atoms in total. The van der Waals surface area contributed by atoms with Crippen molar-refractivity contribution in [1.82, 2.24) is 15.5 Å². The Kier molecular flexibility index (Phi) is 6.12. The van der Waals surface area contributed by atoms with Crippen LogP contribution in [-0.2, 0) is 14.4 Å². The van der Waals surface area contributed by atoms with Crippen molar-refractivity contribution in [2.24, 2.45) is 0 Å².